The summed E-state index contributed by atoms with van der Waals surface area (Å²) in [5, 5.41) is 0. The molecule has 0 bridgehead atoms. The number of furan rings is 1. The highest BCUT2D eigenvalue weighted by molar-refractivity contribution is 5.91. The van der Waals surface area contributed by atoms with Crippen LogP contribution in [0.3, 0.4) is 0 Å². The second-order valence-corrected chi connectivity index (χ2v) is 6.84. The Kier molecular flexibility index (Phi) is 4.03. The molecule has 4 heterocycles. The zero-order valence-corrected chi connectivity index (χ0v) is 14.1. The molecule has 2 aromatic heterocycles. The van der Waals surface area contributed by atoms with E-state index < -0.39 is 0 Å². The quantitative estimate of drug-likeness (QED) is 0.861. The number of carbonyl (C=O) groups is 2. The summed E-state index contributed by atoms with van der Waals surface area (Å²) in [4.78, 5) is 32.9. The van der Waals surface area contributed by atoms with E-state index in [2.05, 4.69) is 4.98 Å². The molecule has 2 aromatic rings. The third kappa shape index (κ3) is 2.92. The number of hydrogen-bond donors (Lipinski definition) is 0. The fraction of sp³-hybridized carbons (Fsp3) is 0.421. The largest absolute Gasteiger partial charge is 0.459 e. The molecule has 130 valence electrons. The summed E-state index contributed by atoms with van der Waals surface area (Å²) in [5.74, 6) is 0.517. The topological polar surface area (TPSA) is 66.7 Å². The average Bonchev–Trinajstić information content (AvgIpc) is 3.28. The van der Waals surface area contributed by atoms with Crippen molar-refractivity contribution in [1.82, 2.24) is 14.8 Å². The molecule has 0 radical (unpaired) electrons. The van der Waals surface area contributed by atoms with Crippen molar-refractivity contribution in [2.24, 2.45) is 0 Å². The van der Waals surface area contributed by atoms with Crippen LogP contribution < -0.4 is 0 Å². The maximum absolute atomic E-state index is 12.5. The monoisotopic (exact) mass is 339 g/mol. The molecule has 0 saturated carbocycles. The lowest BCUT2D eigenvalue weighted by Gasteiger charge is -2.44. The van der Waals surface area contributed by atoms with Crippen LogP contribution in [0, 0.1) is 0 Å². The zero-order chi connectivity index (χ0) is 17.3. The Morgan fingerprint density at radius 2 is 2.04 bits per heavy atom. The zero-order valence-electron chi connectivity index (χ0n) is 14.1. The molecular formula is C19H21N3O3. The Morgan fingerprint density at radius 3 is 2.72 bits per heavy atom. The molecule has 2 amide bonds. The van der Waals surface area contributed by atoms with E-state index in [-0.39, 0.29) is 17.4 Å². The Balaban J connectivity index is 1.47. The summed E-state index contributed by atoms with van der Waals surface area (Å²) in [6.45, 7) is 1.89. The van der Waals surface area contributed by atoms with Crippen LogP contribution in [0.2, 0.25) is 0 Å². The molecule has 0 aliphatic carbocycles. The summed E-state index contributed by atoms with van der Waals surface area (Å²) in [7, 11) is 0. The van der Waals surface area contributed by atoms with E-state index in [9.17, 15) is 9.59 Å². The van der Waals surface area contributed by atoms with E-state index in [1.807, 2.05) is 28.1 Å². The van der Waals surface area contributed by atoms with Gasteiger partial charge in [-0.15, -0.1) is 0 Å². The number of piperidine rings is 1. The van der Waals surface area contributed by atoms with Gasteiger partial charge in [-0.25, -0.2) is 0 Å². The molecule has 2 aliphatic heterocycles. The highest BCUT2D eigenvalue weighted by Gasteiger charge is 2.47. The van der Waals surface area contributed by atoms with Gasteiger partial charge in [0.25, 0.3) is 5.91 Å². The van der Waals surface area contributed by atoms with E-state index in [0.717, 1.165) is 24.8 Å². The molecule has 4 rings (SSSR count). The number of carbonyl (C=O) groups excluding carboxylic acids is 2. The van der Waals surface area contributed by atoms with Crippen molar-refractivity contribution in [3.8, 4) is 0 Å². The minimum absolute atomic E-state index is 0.0667. The van der Waals surface area contributed by atoms with Crippen molar-refractivity contribution < 1.29 is 14.0 Å². The first-order valence-corrected chi connectivity index (χ1v) is 8.70. The van der Waals surface area contributed by atoms with Gasteiger partial charge in [-0.2, -0.15) is 0 Å². The van der Waals surface area contributed by atoms with E-state index >= 15 is 0 Å². The van der Waals surface area contributed by atoms with Gasteiger partial charge in [-0.05, 0) is 43.0 Å². The number of amides is 2. The summed E-state index contributed by atoms with van der Waals surface area (Å²) < 4.78 is 5.22. The van der Waals surface area contributed by atoms with Gasteiger partial charge in [0, 0.05) is 44.0 Å². The van der Waals surface area contributed by atoms with E-state index in [1.165, 1.54) is 6.26 Å². The lowest BCUT2D eigenvalue weighted by Crippen LogP contribution is -2.53. The molecule has 0 aromatic carbocycles. The third-order valence-electron chi connectivity index (χ3n) is 5.45. The molecule has 1 spiro atoms. The minimum Gasteiger partial charge on any atom is -0.459 e. The van der Waals surface area contributed by atoms with Gasteiger partial charge < -0.3 is 14.2 Å². The number of pyridine rings is 1. The van der Waals surface area contributed by atoms with Crippen LogP contribution in [0.15, 0.2) is 47.3 Å². The fourth-order valence-corrected chi connectivity index (χ4v) is 4.01. The van der Waals surface area contributed by atoms with Crippen LogP contribution >= 0.6 is 0 Å². The molecule has 2 fully saturated rings. The Bertz CT molecular complexity index is 749. The number of likely N-dealkylation sites (tertiary alicyclic amines) is 2. The van der Waals surface area contributed by atoms with Crippen LogP contribution in [-0.2, 0) is 11.3 Å². The van der Waals surface area contributed by atoms with Crippen LogP contribution in [0.4, 0.5) is 0 Å². The lowest BCUT2D eigenvalue weighted by atomic mass is 9.84. The molecule has 25 heavy (non-hydrogen) atoms. The summed E-state index contributed by atoms with van der Waals surface area (Å²) in [5.41, 5.74) is 0.915. The van der Waals surface area contributed by atoms with Gasteiger partial charge in [0.2, 0.25) is 5.91 Å². The van der Waals surface area contributed by atoms with Crippen LogP contribution in [0.1, 0.15) is 41.8 Å². The van der Waals surface area contributed by atoms with Gasteiger partial charge in [0.15, 0.2) is 5.76 Å². The van der Waals surface area contributed by atoms with Crippen molar-refractivity contribution in [3.05, 3.63) is 54.2 Å². The number of rotatable bonds is 3. The predicted molar refractivity (Wildman–Crippen MR) is 90.6 cm³/mol. The number of hydrogen-bond acceptors (Lipinski definition) is 4. The van der Waals surface area contributed by atoms with Crippen molar-refractivity contribution in [1.29, 1.82) is 0 Å². The average molecular weight is 339 g/mol. The second-order valence-electron chi connectivity index (χ2n) is 6.84. The molecule has 6 nitrogen and oxygen atoms in total. The lowest BCUT2D eigenvalue weighted by molar-refractivity contribution is -0.133. The summed E-state index contributed by atoms with van der Waals surface area (Å²) in [6.07, 6.45) is 8.15. The maximum Gasteiger partial charge on any atom is 0.289 e. The van der Waals surface area contributed by atoms with E-state index in [4.69, 9.17) is 4.42 Å². The van der Waals surface area contributed by atoms with E-state index in [1.54, 1.807) is 18.3 Å². The Morgan fingerprint density at radius 1 is 1.20 bits per heavy atom. The Hall–Kier alpha value is -2.63. The van der Waals surface area contributed by atoms with Crippen molar-refractivity contribution >= 4 is 11.8 Å². The molecule has 2 aliphatic rings. The predicted octanol–water partition coefficient (Wildman–Crippen LogP) is 2.47. The number of aromatic nitrogens is 1. The summed E-state index contributed by atoms with van der Waals surface area (Å²) in [6, 6.07) is 7.32. The van der Waals surface area contributed by atoms with Crippen LogP contribution in [0.25, 0.3) is 0 Å². The van der Waals surface area contributed by atoms with Gasteiger partial charge >= 0.3 is 0 Å². The molecular weight excluding hydrogens is 318 g/mol. The Labute approximate surface area is 146 Å². The fourth-order valence-electron chi connectivity index (χ4n) is 4.01. The van der Waals surface area contributed by atoms with Crippen molar-refractivity contribution in [3.63, 3.8) is 0 Å². The van der Waals surface area contributed by atoms with Crippen molar-refractivity contribution in [2.75, 3.05) is 13.1 Å². The SMILES string of the molecule is O=C(c1ccco1)N1CCC2(CCC(=O)N2Cc2cccnc2)CC1. The summed E-state index contributed by atoms with van der Waals surface area (Å²) >= 11 is 0. The number of nitrogens with zero attached hydrogens (tertiary/aromatic N) is 3. The van der Waals surface area contributed by atoms with E-state index in [0.29, 0.717) is 31.8 Å². The minimum atomic E-state index is -0.132. The molecule has 0 N–H and O–H groups in total. The molecule has 2 saturated heterocycles. The standard InChI is InChI=1S/C19H21N3O3/c23-17-5-6-19(22(17)14-15-3-1-9-20-13-15)7-10-21(11-8-19)18(24)16-4-2-12-25-16/h1-4,9,12-13H,5-8,10-11,14H2. The first-order chi connectivity index (χ1) is 12.2. The first kappa shape index (κ1) is 15.9. The first-order valence-electron chi connectivity index (χ1n) is 8.70. The van der Waals surface area contributed by atoms with Crippen LogP contribution in [0.5, 0.6) is 0 Å². The third-order valence-corrected chi connectivity index (χ3v) is 5.45. The van der Waals surface area contributed by atoms with Gasteiger partial charge in [0.05, 0.1) is 6.26 Å². The molecule has 6 heteroatoms. The normalized spacial score (nSPS) is 19.6. The highest BCUT2D eigenvalue weighted by atomic mass is 16.3. The molecule has 0 unspecified atom stereocenters. The molecule has 0 atom stereocenters. The maximum atomic E-state index is 12.5. The second kappa shape index (κ2) is 6.35. The van der Waals surface area contributed by atoms with Crippen molar-refractivity contribution in [2.45, 2.75) is 37.8 Å². The van der Waals surface area contributed by atoms with Gasteiger partial charge in [0.1, 0.15) is 0 Å². The highest BCUT2D eigenvalue weighted by Crippen LogP contribution is 2.40. The van der Waals surface area contributed by atoms with Gasteiger partial charge in [-0.1, -0.05) is 6.07 Å². The van der Waals surface area contributed by atoms with Crippen LogP contribution in [-0.4, -0.2) is 45.2 Å². The smallest absolute Gasteiger partial charge is 0.289 e. The van der Waals surface area contributed by atoms with Gasteiger partial charge in [-0.3, -0.25) is 14.6 Å².